The Balaban J connectivity index is 1.92. The first kappa shape index (κ1) is 13.1. The molecular formula is C18H14FN3. The van der Waals surface area contributed by atoms with Crippen LogP contribution in [0.1, 0.15) is 17.0 Å². The van der Waals surface area contributed by atoms with Gasteiger partial charge in [0.15, 0.2) is 0 Å². The maximum absolute atomic E-state index is 13.6. The SMILES string of the molecule is Fc1ccc2c(c1)c1c(n2C#Cc2ccccn2)CCNC1. The van der Waals surface area contributed by atoms with Crippen molar-refractivity contribution in [2.75, 3.05) is 6.54 Å². The maximum atomic E-state index is 13.6. The van der Waals surface area contributed by atoms with E-state index in [0.717, 1.165) is 41.7 Å². The molecule has 3 heterocycles. The van der Waals surface area contributed by atoms with Gasteiger partial charge in [-0.05, 0) is 41.8 Å². The summed E-state index contributed by atoms with van der Waals surface area (Å²) in [5.74, 6) is 2.88. The number of benzene rings is 1. The third-order valence-corrected chi connectivity index (χ3v) is 3.94. The van der Waals surface area contributed by atoms with Crippen LogP contribution in [0.25, 0.3) is 10.9 Å². The molecular weight excluding hydrogens is 277 g/mol. The number of halogens is 1. The largest absolute Gasteiger partial charge is 0.312 e. The van der Waals surface area contributed by atoms with E-state index in [-0.39, 0.29) is 5.82 Å². The third-order valence-electron chi connectivity index (χ3n) is 3.94. The van der Waals surface area contributed by atoms with Crippen LogP contribution < -0.4 is 5.32 Å². The molecule has 1 aliphatic heterocycles. The zero-order valence-electron chi connectivity index (χ0n) is 11.9. The molecule has 0 radical (unpaired) electrons. The Labute approximate surface area is 127 Å². The molecule has 0 unspecified atom stereocenters. The van der Waals surface area contributed by atoms with Crippen LogP contribution in [0.3, 0.4) is 0 Å². The van der Waals surface area contributed by atoms with E-state index in [9.17, 15) is 4.39 Å². The molecule has 0 saturated carbocycles. The predicted octanol–water partition coefficient (Wildman–Crippen LogP) is 2.68. The smallest absolute Gasteiger partial charge is 0.123 e. The van der Waals surface area contributed by atoms with Crippen molar-refractivity contribution in [2.45, 2.75) is 13.0 Å². The number of pyridine rings is 1. The fourth-order valence-corrected chi connectivity index (χ4v) is 2.94. The lowest BCUT2D eigenvalue weighted by molar-refractivity contribution is 0.627. The van der Waals surface area contributed by atoms with E-state index in [1.54, 1.807) is 18.3 Å². The average Bonchev–Trinajstić information content (AvgIpc) is 2.87. The second-order valence-corrected chi connectivity index (χ2v) is 5.30. The maximum Gasteiger partial charge on any atom is 0.123 e. The molecule has 0 atom stereocenters. The van der Waals surface area contributed by atoms with Gasteiger partial charge in [0.1, 0.15) is 11.5 Å². The number of hydrogen-bond donors (Lipinski definition) is 1. The van der Waals surface area contributed by atoms with E-state index < -0.39 is 0 Å². The summed E-state index contributed by atoms with van der Waals surface area (Å²) in [6, 6.07) is 13.7. The molecule has 2 aromatic heterocycles. The van der Waals surface area contributed by atoms with Crippen molar-refractivity contribution in [3.05, 3.63) is 65.4 Å². The third kappa shape index (κ3) is 2.16. The molecule has 0 saturated heterocycles. The zero-order chi connectivity index (χ0) is 14.9. The predicted molar refractivity (Wildman–Crippen MR) is 83.8 cm³/mol. The molecule has 0 fully saturated rings. The van der Waals surface area contributed by atoms with Gasteiger partial charge in [-0.25, -0.2) is 9.37 Å². The van der Waals surface area contributed by atoms with Crippen molar-refractivity contribution < 1.29 is 4.39 Å². The average molecular weight is 291 g/mol. The zero-order valence-corrected chi connectivity index (χ0v) is 11.9. The lowest BCUT2D eigenvalue weighted by atomic mass is 10.1. The molecule has 22 heavy (non-hydrogen) atoms. The number of nitrogens with zero attached hydrogens (tertiary/aromatic N) is 2. The fourth-order valence-electron chi connectivity index (χ4n) is 2.94. The Hall–Kier alpha value is -2.64. The Morgan fingerprint density at radius 3 is 3.05 bits per heavy atom. The van der Waals surface area contributed by atoms with Crippen LogP contribution in [0.15, 0.2) is 42.6 Å². The van der Waals surface area contributed by atoms with E-state index >= 15 is 0 Å². The van der Waals surface area contributed by atoms with Crippen molar-refractivity contribution in [3.8, 4) is 12.0 Å². The molecule has 3 nitrogen and oxygen atoms in total. The van der Waals surface area contributed by atoms with Crippen molar-refractivity contribution >= 4 is 10.9 Å². The summed E-state index contributed by atoms with van der Waals surface area (Å²) in [5.41, 5.74) is 4.01. The highest BCUT2D eigenvalue weighted by Gasteiger charge is 2.19. The fraction of sp³-hybridized carbons (Fsp3) is 0.167. The Bertz CT molecular complexity index is 901. The molecule has 0 bridgehead atoms. The van der Waals surface area contributed by atoms with Crippen LogP contribution in [0.5, 0.6) is 0 Å². The topological polar surface area (TPSA) is 29.9 Å². The van der Waals surface area contributed by atoms with Gasteiger partial charge in [0.05, 0.1) is 5.52 Å². The molecule has 0 aliphatic carbocycles. The summed E-state index contributed by atoms with van der Waals surface area (Å²) in [5, 5.41) is 4.29. The molecule has 4 heteroatoms. The summed E-state index contributed by atoms with van der Waals surface area (Å²) in [7, 11) is 0. The summed E-state index contributed by atoms with van der Waals surface area (Å²) in [4.78, 5) is 4.23. The van der Waals surface area contributed by atoms with Gasteiger partial charge in [-0.1, -0.05) is 6.07 Å². The van der Waals surface area contributed by atoms with Gasteiger partial charge in [0.25, 0.3) is 0 Å². The summed E-state index contributed by atoms with van der Waals surface area (Å²) >= 11 is 0. The number of hydrogen-bond acceptors (Lipinski definition) is 2. The first-order valence-electron chi connectivity index (χ1n) is 7.28. The van der Waals surface area contributed by atoms with Crippen molar-refractivity contribution in [2.24, 2.45) is 0 Å². The minimum atomic E-state index is -0.212. The highest BCUT2D eigenvalue weighted by Crippen LogP contribution is 2.28. The van der Waals surface area contributed by atoms with Crippen LogP contribution in [-0.4, -0.2) is 16.1 Å². The highest BCUT2D eigenvalue weighted by molar-refractivity contribution is 5.87. The van der Waals surface area contributed by atoms with E-state index in [0.29, 0.717) is 0 Å². The van der Waals surface area contributed by atoms with Gasteiger partial charge < -0.3 is 5.32 Å². The number of aromatic nitrogens is 2. The molecule has 3 aromatic rings. The lowest BCUT2D eigenvalue weighted by Gasteiger charge is -2.14. The first-order chi connectivity index (χ1) is 10.8. The van der Waals surface area contributed by atoms with Gasteiger partial charge >= 0.3 is 0 Å². The van der Waals surface area contributed by atoms with Crippen LogP contribution in [0, 0.1) is 17.8 Å². The van der Waals surface area contributed by atoms with E-state index in [1.807, 2.05) is 22.8 Å². The summed E-state index contributed by atoms with van der Waals surface area (Å²) in [6.45, 7) is 1.67. The standard InChI is InChI=1S/C18H14FN3/c19-13-4-5-17-15(11-13)16-12-20-9-6-18(16)22(17)10-7-14-3-1-2-8-21-14/h1-5,8,11,20H,6,9,12H2. The summed E-state index contributed by atoms with van der Waals surface area (Å²) in [6.07, 6.45) is 2.62. The molecule has 1 N–H and O–H groups in total. The van der Waals surface area contributed by atoms with Gasteiger partial charge in [-0.15, -0.1) is 0 Å². The molecule has 1 aromatic carbocycles. The van der Waals surface area contributed by atoms with Crippen molar-refractivity contribution in [1.82, 2.24) is 14.9 Å². The number of rotatable bonds is 0. The summed E-state index contributed by atoms with van der Waals surface area (Å²) < 4.78 is 15.6. The van der Waals surface area contributed by atoms with Crippen LogP contribution in [0.4, 0.5) is 4.39 Å². The van der Waals surface area contributed by atoms with Crippen molar-refractivity contribution in [3.63, 3.8) is 0 Å². The quantitative estimate of drug-likeness (QED) is 0.645. The molecule has 1 aliphatic rings. The normalized spacial score (nSPS) is 13.5. The Morgan fingerprint density at radius 1 is 1.23 bits per heavy atom. The van der Waals surface area contributed by atoms with Crippen molar-refractivity contribution in [1.29, 1.82) is 0 Å². The Morgan fingerprint density at radius 2 is 2.18 bits per heavy atom. The second kappa shape index (κ2) is 5.28. The lowest BCUT2D eigenvalue weighted by Crippen LogP contribution is -2.24. The minimum Gasteiger partial charge on any atom is -0.312 e. The highest BCUT2D eigenvalue weighted by atomic mass is 19.1. The van der Waals surface area contributed by atoms with Gasteiger partial charge in [0, 0.05) is 42.8 Å². The molecule has 0 amide bonds. The number of fused-ring (bicyclic) bond motifs is 3. The molecule has 108 valence electrons. The van der Waals surface area contributed by atoms with Gasteiger partial charge in [-0.3, -0.25) is 4.57 Å². The minimum absolute atomic E-state index is 0.212. The van der Waals surface area contributed by atoms with Crippen LogP contribution in [0.2, 0.25) is 0 Å². The number of nitrogens with one attached hydrogen (secondary N) is 1. The molecule has 4 rings (SSSR count). The van der Waals surface area contributed by atoms with E-state index in [4.69, 9.17) is 0 Å². The first-order valence-corrected chi connectivity index (χ1v) is 7.28. The molecule has 0 spiro atoms. The van der Waals surface area contributed by atoms with E-state index in [2.05, 4.69) is 22.3 Å². The monoisotopic (exact) mass is 291 g/mol. The van der Waals surface area contributed by atoms with Gasteiger partial charge in [0.2, 0.25) is 0 Å². The van der Waals surface area contributed by atoms with Crippen LogP contribution >= 0.6 is 0 Å². The van der Waals surface area contributed by atoms with Gasteiger partial charge in [-0.2, -0.15) is 0 Å². The van der Waals surface area contributed by atoms with E-state index in [1.165, 1.54) is 11.8 Å². The van der Waals surface area contributed by atoms with Crippen LogP contribution in [-0.2, 0) is 13.0 Å². The Kier molecular flexibility index (Phi) is 3.14. The second-order valence-electron chi connectivity index (χ2n) is 5.30.